The van der Waals surface area contributed by atoms with E-state index in [0.29, 0.717) is 6.04 Å². The summed E-state index contributed by atoms with van der Waals surface area (Å²) in [5.74, 6) is 1.10. The minimum Gasteiger partial charge on any atom is -0.459 e. The van der Waals surface area contributed by atoms with Crippen molar-refractivity contribution >= 4 is 11.0 Å². The number of nitrogens with zero attached hydrogens (tertiary/aromatic N) is 1. The van der Waals surface area contributed by atoms with E-state index in [2.05, 4.69) is 41.9 Å². The third kappa shape index (κ3) is 3.20. The molecule has 0 atom stereocenters. The van der Waals surface area contributed by atoms with Crippen molar-refractivity contribution in [3.8, 4) is 0 Å². The summed E-state index contributed by atoms with van der Waals surface area (Å²) in [6.07, 6.45) is 4.60. The lowest BCUT2D eigenvalue weighted by molar-refractivity contribution is 0.260. The molecule has 1 fully saturated rings. The smallest absolute Gasteiger partial charge is 0.134 e. The Bertz CT molecular complexity index is 613. The Morgan fingerprint density at radius 1 is 1.38 bits per heavy atom. The normalized spacial score (nSPS) is 15.0. The van der Waals surface area contributed by atoms with Gasteiger partial charge in [-0.3, -0.25) is 4.90 Å². The molecule has 3 nitrogen and oxygen atoms in total. The topological polar surface area (TPSA) is 28.4 Å². The molecule has 1 saturated carbocycles. The van der Waals surface area contributed by atoms with Gasteiger partial charge >= 0.3 is 0 Å². The van der Waals surface area contributed by atoms with Crippen molar-refractivity contribution in [2.45, 2.75) is 38.9 Å². The number of para-hydroxylation sites is 1. The van der Waals surface area contributed by atoms with E-state index in [0.717, 1.165) is 37.5 Å². The fraction of sp³-hybridized carbons (Fsp3) is 0.444. The van der Waals surface area contributed by atoms with Crippen LogP contribution in [0.2, 0.25) is 0 Å². The van der Waals surface area contributed by atoms with Gasteiger partial charge in [0, 0.05) is 30.1 Å². The van der Waals surface area contributed by atoms with Crippen LogP contribution in [-0.4, -0.2) is 24.0 Å². The number of rotatable bonds is 8. The molecule has 0 saturated heterocycles. The summed E-state index contributed by atoms with van der Waals surface area (Å²) in [5.41, 5.74) is 2.30. The highest BCUT2D eigenvalue weighted by Gasteiger charge is 2.29. The quantitative estimate of drug-likeness (QED) is 0.749. The monoisotopic (exact) mass is 284 g/mol. The van der Waals surface area contributed by atoms with Crippen LogP contribution in [0.1, 0.15) is 31.1 Å². The van der Waals surface area contributed by atoms with Crippen LogP contribution in [0.5, 0.6) is 0 Å². The number of fused-ring (bicyclic) bond motifs is 1. The minimum absolute atomic E-state index is 0.711. The van der Waals surface area contributed by atoms with Gasteiger partial charge in [-0.2, -0.15) is 0 Å². The van der Waals surface area contributed by atoms with Gasteiger partial charge in [0.05, 0.1) is 6.54 Å². The third-order valence-electron chi connectivity index (χ3n) is 4.11. The first-order valence-corrected chi connectivity index (χ1v) is 7.88. The van der Waals surface area contributed by atoms with Crippen LogP contribution in [0.15, 0.2) is 41.3 Å². The molecule has 1 aromatic heterocycles. The molecule has 0 unspecified atom stereocenters. The van der Waals surface area contributed by atoms with Crippen LogP contribution in [0, 0.1) is 0 Å². The van der Waals surface area contributed by atoms with E-state index < -0.39 is 0 Å². The highest BCUT2D eigenvalue weighted by molar-refractivity contribution is 5.82. The molecule has 0 radical (unpaired) electrons. The van der Waals surface area contributed by atoms with Crippen LogP contribution in [0.4, 0.5) is 0 Å². The average Bonchev–Trinajstić information content (AvgIpc) is 3.28. The van der Waals surface area contributed by atoms with Crippen LogP contribution < -0.4 is 5.32 Å². The molecule has 21 heavy (non-hydrogen) atoms. The van der Waals surface area contributed by atoms with Crippen molar-refractivity contribution in [1.82, 2.24) is 10.2 Å². The van der Waals surface area contributed by atoms with Crippen molar-refractivity contribution in [3.63, 3.8) is 0 Å². The number of nitrogens with one attached hydrogen (secondary N) is 1. The summed E-state index contributed by atoms with van der Waals surface area (Å²) in [4.78, 5) is 2.47. The molecule has 1 aromatic carbocycles. The highest BCUT2D eigenvalue weighted by atomic mass is 16.3. The van der Waals surface area contributed by atoms with Crippen LogP contribution in [-0.2, 0) is 13.1 Å². The van der Waals surface area contributed by atoms with Gasteiger partial charge in [0.25, 0.3) is 0 Å². The van der Waals surface area contributed by atoms with E-state index in [-0.39, 0.29) is 0 Å². The van der Waals surface area contributed by atoms with Gasteiger partial charge in [0.2, 0.25) is 0 Å². The number of hydrogen-bond donors (Lipinski definition) is 1. The van der Waals surface area contributed by atoms with Gasteiger partial charge in [0.15, 0.2) is 0 Å². The Morgan fingerprint density at radius 3 is 2.90 bits per heavy atom. The van der Waals surface area contributed by atoms with Gasteiger partial charge in [-0.1, -0.05) is 31.2 Å². The Morgan fingerprint density at radius 2 is 2.19 bits per heavy atom. The van der Waals surface area contributed by atoms with Crippen molar-refractivity contribution in [3.05, 3.63) is 48.2 Å². The van der Waals surface area contributed by atoms with Gasteiger partial charge in [0.1, 0.15) is 11.3 Å². The summed E-state index contributed by atoms with van der Waals surface area (Å²) in [7, 11) is 0. The minimum atomic E-state index is 0.711. The molecular formula is C18H24N2O. The summed E-state index contributed by atoms with van der Waals surface area (Å²) < 4.78 is 6.14. The summed E-state index contributed by atoms with van der Waals surface area (Å²) in [6, 6.07) is 9.05. The molecule has 1 N–H and O–H groups in total. The fourth-order valence-corrected chi connectivity index (χ4v) is 2.85. The zero-order valence-electron chi connectivity index (χ0n) is 12.8. The van der Waals surface area contributed by atoms with Crippen molar-refractivity contribution in [1.29, 1.82) is 0 Å². The number of furan rings is 1. The fourth-order valence-electron chi connectivity index (χ4n) is 2.85. The van der Waals surface area contributed by atoms with E-state index in [1.54, 1.807) is 0 Å². The largest absolute Gasteiger partial charge is 0.459 e. The molecule has 2 aromatic rings. The maximum atomic E-state index is 6.14. The SMILES string of the molecule is C=CCN(Cc1oc2ccccc2c1CNCC)C1CC1. The van der Waals surface area contributed by atoms with E-state index in [1.165, 1.54) is 23.8 Å². The summed E-state index contributed by atoms with van der Waals surface area (Å²) in [6.45, 7) is 9.67. The maximum absolute atomic E-state index is 6.14. The van der Waals surface area contributed by atoms with E-state index in [4.69, 9.17) is 4.42 Å². The van der Waals surface area contributed by atoms with Crippen LogP contribution >= 0.6 is 0 Å². The lowest BCUT2D eigenvalue weighted by Crippen LogP contribution is -2.26. The number of hydrogen-bond acceptors (Lipinski definition) is 3. The molecule has 1 aliphatic rings. The van der Waals surface area contributed by atoms with Crippen LogP contribution in [0.3, 0.4) is 0 Å². The summed E-state index contributed by atoms with van der Waals surface area (Å²) in [5, 5.41) is 4.67. The molecule has 0 amide bonds. The first kappa shape index (κ1) is 14.4. The predicted octanol–water partition coefficient (Wildman–Crippen LogP) is 3.69. The molecule has 3 rings (SSSR count). The lowest BCUT2D eigenvalue weighted by Gasteiger charge is -2.19. The van der Waals surface area contributed by atoms with Crippen molar-refractivity contribution in [2.75, 3.05) is 13.1 Å². The van der Waals surface area contributed by atoms with E-state index >= 15 is 0 Å². The standard InChI is InChI=1S/C18H24N2O/c1-3-11-20(14-9-10-14)13-18-16(12-19-4-2)15-7-5-6-8-17(15)21-18/h3,5-8,14,19H,1,4,9-13H2,2H3. The van der Waals surface area contributed by atoms with E-state index in [1.807, 2.05) is 12.1 Å². The van der Waals surface area contributed by atoms with Gasteiger partial charge in [-0.25, -0.2) is 0 Å². The molecule has 0 aliphatic heterocycles. The zero-order chi connectivity index (χ0) is 14.7. The molecule has 1 heterocycles. The van der Waals surface area contributed by atoms with E-state index in [9.17, 15) is 0 Å². The average molecular weight is 284 g/mol. The molecule has 3 heteroatoms. The third-order valence-corrected chi connectivity index (χ3v) is 4.11. The Hall–Kier alpha value is -1.58. The van der Waals surface area contributed by atoms with Gasteiger partial charge in [-0.05, 0) is 25.5 Å². The van der Waals surface area contributed by atoms with Gasteiger partial charge in [-0.15, -0.1) is 6.58 Å². The Labute approximate surface area is 126 Å². The van der Waals surface area contributed by atoms with Crippen LogP contribution in [0.25, 0.3) is 11.0 Å². The Kier molecular flexibility index (Phi) is 4.42. The predicted molar refractivity (Wildman–Crippen MR) is 87.2 cm³/mol. The first-order chi connectivity index (χ1) is 10.3. The molecule has 0 bridgehead atoms. The van der Waals surface area contributed by atoms with Gasteiger partial charge < -0.3 is 9.73 Å². The Balaban J connectivity index is 1.89. The molecule has 1 aliphatic carbocycles. The maximum Gasteiger partial charge on any atom is 0.134 e. The summed E-state index contributed by atoms with van der Waals surface area (Å²) >= 11 is 0. The number of benzene rings is 1. The second-order valence-corrected chi connectivity index (χ2v) is 5.73. The lowest BCUT2D eigenvalue weighted by atomic mass is 10.1. The molecular weight excluding hydrogens is 260 g/mol. The molecule has 0 spiro atoms. The molecule has 112 valence electrons. The highest BCUT2D eigenvalue weighted by Crippen LogP contribution is 2.32. The second kappa shape index (κ2) is 6.46. The van der Waals surface area contributed by atoms with Crippen molar-refractivity contribution < 1.29 is 4.42 Å². The van der Waals surface area contributed by atoms with Crippen molar-refractivity contribution in [2.24, 2.45) is 0 Å². The second-order valence-electron chi connectivity index (χ2n) is 5.73. The zero-order valence-corrected chi connectivity index (χ0v) is 12.8. The first-order valence-electron chi connectivity index (χ1n) is 7.88.